The Morgan fingerprint density at radius 2 is 1.94 bits per heavy atom. The Bertz CT molecular complexity index is 414. The van der Waals surface area contributed by atoms with E-state index >= 15 is 0 Å². The highest BCUT2D eigenvalue weighted by Crippen LogP contribution is 2.32. The number of aryl methyl sites for hydroxylation is 1. The molecule has 0 spiro atoms. The number of ether oxygens (including phenoxy) is 1. The molecule has 0 bridgehead atoms. The Kier molecular flexibility index (Phi) is 3.55. The number of esters is 1. The molecule has 3 nitrogen and oxygen atoms in total. The minimum Gasteiger partial charge on any atom is -0.465 e. The topological polar surface area (TPSA) is 31.2 Å². The number of carbonyl (C=O) groups excluding carboxylic acids is 1. The van der Waals surface area contributed by atoms with Crippen molar-refractivity contribution < 1.29 is 9.53 Å². The Hall–Kier alpha value is -1.25. The molecule has 1 aliphatic carbocycles. The zero-order valence-corrected chi connectivity index (χ0v) is 11.0. The number of nitrogens with zero attached hydrogens (tertiary/aromatic N) is 1. The van der Waals surface area contributed by atoms with E-state index in [4.69, 9.17) is 4.74 Å². The lowest BCUT2D eigenvalue weighted by Gasteiger charge is -2.26. The van der Waals surface area contributed by atoms with Crippen LogP contribution < -0.4 is 0 Å². The van der Waals surface area contributed by atoms with Crippen LogP contribution in [-0.2, 0) is 4.74 Å². The van der Waals surface area contributed by atoms with Crippen molar-refractivity contribution in [2.75, 3.05) is 7.11 Å². The van der Waals surface area contributed by atoms with Crippen LogP contribution in [0.3, 0.4) is 0 Å². The number of methoxy groups -OCH3 is 1. The van der Waals surface area contributed by atoms with Crippen molar-refractivity contribution in [1.29, 1.82) is 0 Å². The normalized spacial score (nSPS) is 17.1. The summed E-state index contributed by atoms with van der Waals surface area (Å²) in [6, 6.07) is 2.53. The molecule has 17 heavy (non-hydrogen) atoms. The molecule has 94 valence electrons. The van der Waals surface area contributed by atoms with Gasteiger partial charge in [0.15, 0.2) is 0 Å². The summed E-state index contributed by atoms with van der Waals surface area (Å²) in [5.41, 5.74) is 2.95. The zero-order chi connectivity index (χ0) is 12.4. The third-order valence-corrected chi connectivity index (χ3v) is 3.83. The summed E-state index contributed by atoms with van der Waals surface area (Å²) in [7, 11) is 1.44. The van der Waals surface area contributed by atoms with E-state index in [-0.39, 0.29) is 5.97 Å². The van der Waals surface area contributed by atoms with Crippen molar-refractivity contribution in [3.63, 3.8) is 0 Å². The van der Waals surface area contributed by atoms with Crippen LogP contribution in [-0.4, -0.2) is 17.6 Å². The summed E-state index contributed by atoms with van der Waals surface area (Å²) in [4.78, 5) is 11.6. The van der Waals surface area contributed by atoms with Crippen LogP contribution in [0.4, 0.5) is 0 Å². The molecule has 0 unspecified atom stereocenters. The summed E-state index contributed by atoms with van der Waals surface area (Å²) in [6.07, 6.45) is 6.41. The van der Waals surface area contributed by atoms with Gasteiger partial charge in [-0.2, -0.15) is 0 Å². The van der Waals surface area contributed by atoms with Crippen LogP contribution in [0.5, 0.6) is 0 Å². The van der Waals surface area contributed by atoms with Gasteiger partial charge in [0.1, 0.15) is 0 Å². The van der Waals surface area contributed by atoms with Crippen LogP contribution in [0.1, 0.15) is 59.9 Å². The smallest absolute Gasteiger partial charge is 0.339 e. The van der Waals surface area contributed by atoms with Gasteiger partial charge in [-0.05, 0) is 32.8 Å². The van der Waals surface area contributed by atoms with E-state index in [2.05, 4.69) is 11.5 Å². The van der Waals surface area contributed by atoms with Crippen molar-refractivity contribution in [2.45, 2.75) is 52.0 Å². The number of hydrogen-bond acceptors (Lipinski definition) is 2. The lowest BCUT2D eigenvalue weighted by Crippen LogP contribution is -2.16. The third kappa shape index (κ3) is 2.24. The quantitative estimate of drug-likeness (QED) is 0.736. The molecule has 1 heterocycles. The summed E-state index contributed by atoms with van der Waals surface area (Å²) in [5.74, 6) is -0.222. The molecule has 1 saturated carbocycles. The number of rotatable bonds is 2. The van der Waals surface area contributed by atoms with Crippen molar-refractivity contribution in [2.24, 2.45) is 0 Å². The molecule has 3 heteroatoms. The first-order chi connectivity index (χ1) is 8.15. The molecule has 1 aromatic rings. The van der Waals surface area contributed by atoms with E-state index in [0.717, 1.165) is 11.3 Å². The van der Waals surface area contributed by atoms with Crippen molar-refractivity contribution in [3.8, 4) is 0 Å². The fourth-order valence-electron chi connectivity index (χ4n) is 2.99. The van der Waals surface area contributed by atoms with E-state index in [1.165, 1.54) is 44.9 Å². The Morgan fingerprint density at radius 3 is 2.53 bits per heavy atom. The SMILES string of the molecule is COC(=O)c1cc(C)n(C2CCCCC2)c1C. The fourth-order valence-corrected chi connectivity index (χ4v) is 2.99. The molecule has 1 aliphatic rings. The van der Waals surface area contributed by atoms with Gasteiger partial charge < -0.3 is 9.30 Å². The number of hydrogen-bond donors (Lipinski definition) is 0. The summed E-state index contributed by atoms with van der Waals surface area (Å²) >= 11 is 0. The van der Waals surface area contributed by atoms with Gasteiger partial charge >= 0.3 is 5.97 Å². The molecule has 0 aliphatic heterocycles. The third-order valence-electron chi connectivity index (χ3n) is 3.83. The van der Waals surface area contributed by atoms with Gasteiger partial charge in [0, 0.05) is 17.4 Å². The molecule has 1 aromatic heterocycles. The average Bonchev–Trinajstić information content (AvgIpc) is 2.65. The van der Waals surface area contributed by atoms with Gasteiger partial charge in [0.25, 0.3) is 0 Å². The minimum atomic E-state index is -0.222. The van der Waals surface area contributed by atoms with Crippen LogP contribution in [0.15, 0.2) is 6.07 Å². The lowest BCUT2D eigenvalue weighted by molar-refractivity contribution is 0.0599. The molecular weight excluding hydrogens is 214 g/mol. The molecule has 0 amide bonds. The summed E-state index contributed by atoms with van der Waals surface area (Å²) in [6.45, 7) is 4.10. The monoisotopic (exact) mass is 235 g/mol. The van der Waals surface area contributed by atoms with Gasteiger partial charge in [0.2, 0.25) is 0 Å². The Balaban J connectivity index is 2.33. The zero-order valence-electron chi connectivity index (χ0n) is 11.0. The lowest BCUT2D eigenvalue weighted by atomic mass is 9.95. The second kappa shape index (κ2) is 4.94. The second-order valence-corrected chi connectivity index (χ2v) is 4.94. The van der Waals surface area contributed by atoms with Gasteiger partial charge in [-0.1, -0.05) is 19.3 Å². The molecule has 0 aromatic carbocycles. The maximum atomic E-state index is 11.6. The molecular formula is C14H21NO2. The maximum Gasteiger partial charge on any atom is 0.339 e. The largest absolute Gasteiger partial charge is 0.465 e. The standard InChI is InChI=1S/C14H21NO2/c1-10-9-13(14(16)17-3)11(2)15(10)12-7-5-4-6-8-12/h9,12H,4-8H2,1-3H3. The predicted octanol–water partition coefficient (Wildman–Crippen LogP) is 3.40. The number of carbonyl (C=O) groups is 1. The van der Waals surface area contributed by atoms with E-state index < -0.39 is 0 Å². The van der Waals surface area contributed by atoms with E-state index in [9.17, 15) is 4.79 Å². The van der Waals surface area contributed by atoms with Gasteiger partial charge in [-0.25, -0.2) is 4.79 Å². The highest BCUT2D eigenvalue weighted by Gasteiger charge is 2.22. The summed E-state index contributed by atoms with van der Waals surface area (Å²) in [5, 5.41) is 0. The first-order valence-corrected chi connectivity index (χ1v) is 6.42. The Morgan fingerprint density at radius 1 is 1.29 bits per heavy atom. The average molecular weight is 235 g/mol. The Labute approximate surface area is 103 Å². The first-order valence-electron chi connectivity index (χ1n) is 6.42. The predicted molar refractivity (Wildman–Crippen MR) is 67.4 cm³/mol. The highest BCUT2D eigenvalue weighted by molar-refractivity contribution is 5.91. The molecule has 2 rings (SSSR count). The first kappa shape index (κ1) is 12.2. The van der Waals surface area contributed by atoms with Crippen LogP contribution in [0.2, 0.25) is 0 Å². The molecule has 0 radical (unpaired) electrons. The molecule has 1 fully saturated rings. The van der Waals surface area contributed by atoms with Gasteiger partial charge in [-0.15, -0.1) is 0 Å². The summed E-state index contributed by atoms with van der Waals surface area (Å²) < 4.78 is 7.15. The second-order valence-electron chi connectivity index (χ2n) is 4.94. The molecule has 0 N–H and O–H groups in total. The number of aromatic nitrogens is 1. The van der Waals surface area contributed by atoms with Crippen molar-refractivity contribution in [1.82, 2.24) is 4.57 Å². The highest BCUT2D eigenvalue weighted by atomic mass is 16.5. The van der Waals surface area contributed by atoms with Crippen LogP contribution >= 0.6 is 0 Å². The van der Waals surface area contributed by atoms with E-state index in [1.807, 2.05) is 13.0 Å². The van der Waals surface area contributed by atoms with Gasteiger partial charge in [0.05, 0.1) is 12.7 Å². The van der Waals surface area contributed by atoms with Crippen molar-refractivity contribution in [3.05, 3.63) is 23.0 Å². The fraction of sp³-hybridized carbons (Fsp3) is 0.643. The van der Waals surface area contributed by atoms with Crippen molar-refractivity contribution >= 4 is 5.97 Å². The molecule has 0 saturated heterocycles. The van der Waals surface area contributed by atoms with E-state index in [0.29, 0.717) is 6.04 Å². The van der Waals surface area contributed by atoms with Crippen LogP contribution in [0, 0.1) is 13.8 Å². The van der Waals surface area contributed by atoms with Crippen LogP contribution in [0.25, 0.3) is 0 Å². The van der Waals surface area contributed by atoms with E-state index in [1.54, 1.807) is 0 Å². The molecule has 0 atom stereocenters. The van der Waals surface area contributed by atoms with Gasteiger partial charge in [-0.3, -0.25) is 0 Å². The maximum absolute atomic E-state index is 11.6. The minimum absolute atomic E-state index is 0.222.